The van der Waals surface area contributed by atoms with Crippen LogP contribution in [0.15, 0.2) is 100 Å². The Morgan fingerprint density at radius 3 is 2.39 bits per heavy atom. The minimum Gasteiger partial charge on any atom is -0.508 e. The molecular formula is C33H26BNO6. The van der Waals surface area contributed by atoms with Gasteiger partial charge in [-0.1, -0.05) is 48.5 Å². The lowest BCUT2D eigenvalue weighted by Gasteiger charge is -2.21. The molecule has 0 fully saturated rings. The van der Waals surface area contributed by atoms with E-state index in [1.165, 1.54) is 6.07 Å². The van der Waals surface area contributed by atoms with Crippen LogP contribution >= 0.6 is 0 Å². The molecule has 0 aromatic heterocycles. The molecule has 0 spiro atoms. The number of carboxylic acid groups (broad SMARTS) is 1. The van der Waals surface area contributed by atoms with Gasteiger partial charge in [-0.25, -0.2) is 4.79 Å². The van der Waals surface area contributed by atoms with E-state index in [0.717, 1.165) is 21.8 Å². The molecule has 0 atom stereocenters. The normalized spacial score (nSPS) is 11.5. The van der Waals surface area contributed by atoms with Gasteiger partial charge in [0.1, 0.15) is 17.1 Å². The Labute approximate surface area is 236 Å². The van der Waals surface area contributed by atoms with Gasteiger partial charge in [-0.2, -0.15) is 0 Å². The zero-order valence-electron chi connectivity index (χ0n) is 22.3. The molecule has 1 aliphatic carbocycles. The molecule has 0 unspecified atom stereocenters. The van der Waals surface area contributed by atoms with E-state index in [-0.39, 0.29) is 24.2 Å². The fourth-order valence-electron chi connectivity index (χ4n) is 5.54. The zero-order chi connectivity index (χ0) is 28.7. The quantitative estimate of drug-likeness (QED) is 0.152. The van der Waals surface area contributed by atoms with Crippen molar-refractivity contribution in [1.29, 1.82) is 0 Å². The molecule has 0 saturated heterocycles. The Balaban J connectivity index is 1.57. The van der Waals surface area contributed by atoms with Gasteiger partial charge in [0.15, 0.2) is 5.43 Å². The standard InChI is InChI=1S/C33H26BNO6/c1-35(17-20-6-2-5-9-28(20)34-40)18-21-15-27-30(16-29(21)37)41-32-23-13-11-22(36)14-19(23)10-12-26(32)31(27)24-7-3-4-8-25(24)33(38)39/h2-16,34,36,40H,17-18H2,1H3,(H,38,39). The third kappa shape index (κ3) is 4.84. The number of rotatable bonds is 7. The first-order valence-corrected chi connectivity index (χ1v) is 13.2. The molecular weight excluding hydrogens is 517 g/mol. The van der Waals surface area contributed by atoms with E-state index in [1.807, 2.05) is 48.3 Å². The summed E-state index contributed by atoms with van der Waals surface area (Å²) in [6, 6.07) is 26.4. The second-order valence-electron chi connectivity index (χ2n) is 10.2. The molecule has 7 nitrogen and oxygen atoms in total. The first-order valence-electron chi connectivity index (χ1n) is 13.2. The Bertz CT molecular complexity index is 1980. The van der Waals surface area contributed by atoms with Crippen LogP contribution in [0.3, 0.4) is 0 Å². The SMILES string of the molecule is CN(Cc1ccccc1BO)Cc1cc2c(-c3ccccc3C(=O)O)c3ccc4cc(O)ccc4c3oc-2cc1=O. The number of carboxylic acids is 1. The van der Waals surface area contributed by atoms with Crippen LogP contribution in [0.25, 0.3) is 44.2 Å². The Morgan fingerprint density at radius 1 is 0.854 bits per heavy atom. The molecule has 0 amide bonds. The van der Waals surface area contributed by atoms with Crippen molar-refractivity contribution < 1.29 is 24.4 Å². The van der Waals surface area contributed by atoms with Crippen molar-refractivity contribution in [1.82, 2.24) is 4.90 Å². The number of hydrogen-bond acceptors (Lipinski definition) is 6. The lowest BCUT2D eigenvalue weighted by molar-refractivity contribution is 0.0697. The van der Waals surface area contributed by atoms with E-state index in [4.69, 9.17) is 4.42 Å². The van der Waals surface area contributed by atoms with E-state index in [2.05, 4.69) is 0 Å². The fraction of sp³-hybridized carbons (Fsp3) is 0.0909. The minimum atomic E-state index is -1.06. The van der Waals surface area contributed by atoms with Crippen LogP contribution in [0.2, 0.25) is 0 Å². The number of benzene rings is 5. The van der Waals surface area contributed by atoms with Gasteiger partial charge >= 0.3 is 13.5 Å². The summed E-state index contributed by atoms with van der Waals surface area (Å²) in [5, 5.41) is 32.0. The smallest absolute Gasteiger partial charge is 0.336 e. The van der Waals surface area contributed by atoms with Gasteiger partial charge in [0.25, 0.3) is 0 Å². The molecule has 1 heterocycles. The fourth-order valence-corrected chi connectivity index (χ4v) is 5.54. The molecule has 41 heavy (non-hydrogen) atoms. The molecule has 0 bridgehead atoms. The minimum absolute atomic E-state index is 0.0674. The summed E-state index contributed by atoms with van der Waals surface area (Å²) in [7, 11) is 1.84. The van der Waals surface area contributed by atoms with Crippen molar-refractivity contribution in [2.45, 2.75) is 13.1 Å². The van der Waals surface area contributed by atoms with Crippen molar-refractivity contribution in [3.63, 3.8) is 0 Å². The highest BCUT2D eigenvalue weighted by molar-refractivity contribution is 6.46. The van der Waals surface area contributed by atoms with Crippen LogP contribution in [0, 0.1) is 0 Å². The number of nitrogens with zero attached hydrogens (tertiary/aromatic N) is 1. The Kier molecular flexibility index (Phi) is 6.79. The first-order chi connectivity index (χ1) is 19.8. The third-order valence-corrected chi connectivity index (χ3v) is 7.46. The average Bonchev–Trinajstić information content (AvgIpc) is 2.96. The largest absolute Gasteiger partial charge is 0.508 e. The van der Waals surface area contributed by atoms with Gasteiger partial charge < -0.3 is 19.7 Å². The Hall–Kier alpha value is -4.92. The second-order valence-corrected chi connectivity index (χ2v) is 10.2. The molecule has 202 valence electrons. The molecule has 8 heteroatoms. The predicted octanol–water partition coefficient (Wildman–Crippen LogP) is 4.72. The summed E-state index contributed by atoms with van der Waals surface area (Å²) in [5.41, 5.74) is 4.58. The maximum absolute atomic E-state index is 13.4. The summed E-state index contributed by atoms with van der Waals surface area (Å²) >= 11 is 0. The summed E-state index contributed by atoms with van der Waals surface area (Å²) < 4.78 is 6.36. The molecule has 3 N–H and O–H groups in total. The van der Waals surface area contributed by atoms with Crippen molar-refractivity contribution in [2.24, 2.45) is 0 Å². The van der Waals surface area contributed by atoms with Crippen LogP contribution in [0.5, 0.6) is 5.75 Å². The van der Waals surface area contributed by atoms with E-state index >= 15 is 0 Å². The van der Waals surface area contributed by atoms with Crippen molar-refractivity contribution in [3.05, 3.63) is 118 Å². The molecule has 6 rings (SSSR count). The third-order valence-electron chi connectivity index (χ3n) is 7.46. The van der Waals surface area contributed by atoms with Gasteiger partial charge in [-0.15, -0.1) is 0 Å². The summed E-state index contributed by atoms with van der Waals surface area (Å²) in [5.74, 6) is -0.599. The topological polar surface area (TPSA) is 111 Å². The first kappa shape index (κ1) is 26.3. The highest BCUT2D eigenvalue weighted by Gasteiger charge is 2.24. The molecule has 4 aromatic carbocycles. The maximum Gasteiger partial charge on any atom is 0.336 e. The van der Waals surface area contributed by atoms with Crippen LogP contribution in [-0.2, 0) is 13.1 Å². The summed E-state index contributed by atoms with van der Waals surface area (Å²) in [6.45, 7) is 0.868. The van der Waals surface area contributed by atoms with Gasteiger partial charge in [0.2, 0.25) is 0 Å². The average molecular weight is 543 g/mol. The zero-order valence-corrected chi connectivity index (χ0v) is 22.3. The van der Waals surface area contributed by atoms with E-state index in [0.29, 0.717) is 52.1 Å². The summed E-state index contributed by atoms with van der Waals surface area (Å²) in [4.78, 5) is 27.6. The van der Waals surface area contributed by atoms with E-state index < -0.39 is 5.97 Å². The number of aromatic carboxylic acids is 1. The number of fused-ring (bicyclic) bond motifs is 4. The Morgan fingerprint density at radius 2 is 1.59 bits per heavy atom. The van der Waals surface area contributed by atoms with Crippen molar-refractivity contribution in [3.8, 4) is 28.2 Å². The van der Waals surface area contributed by atoms with Crippen molar-refractivity contribution in [2.75, 3.05) is 7.05 Å². The van der Waals surface area contributed by atoms with Gasteiger partial charge in [-0.3, -0.25) is 9.69 Å². The highest BCUT2D eigenvalue weighted by Crippen LogP contribution is 2.43. The van der Waals surface area contributed by atoms with Gasteiger partial charge in [-0.05, 0) is 65.4 Å². The van der Waals surface area contributed by atoms with E-state index in [1.54, 1.807) is 48.5 Å². The predicted molar refractivity (Wildman–Crippen MR) is 161 cm³/mol. The maximum atomic E-state index is 13.4. The number of carbonyl (C=O) groups is 1. The molecule has 1 aliphatic heterocycles. The lowest BCUT2D eigenvalue weighted by atomic mass is 9.84. The monoisotopic (exact) mass is 543 g/mol. The number of phenolic OH excluding ortho intramolecular Hbond substituents is 1. The van der Waals surface area contributed by atoms with Gasteiger partial charge in [0.05, 0.1) is 5.56 Å². The van der Waals surface area contributed by atoms with Crippen molar-refractivity contribution >= 4 is 40.7 Å². The lowest BCUT2D eigenvalue weighted by Crippen LogP contribution is -2.27. The molecule has 0 radical (unpaired) electrons. The molecule has 0 saturated carbocycles. The molecule has 4 aromatic rings. The number of aromatic hydroxyl groups is 1. The van der Waals surface area contributed by atoms with Crippen LogP contribution in [-0.4, -0.2) is 40.6 Å². The van der Waals surface area contributed by atoms with Crippen LogP contribution in [0.4, 0.5) is 0 Å². The van der Waals surface area contributed by atoms with Gasteiger partial charge in [0, 0.05) is 46.6 Å². The summed E-state index contributed by atoms with van der Waals surface area (Å²) in [6.07, 6.45) is 0. The second kappa shape index (κ2) is 10.6. The highest BCUT2D eigenvalue weighted by atomic mass is 16.4. The van der Waals surface area contributed by atoms with E-state index in [9.17, 15) is 24.8 Å². The number of phenols is 1. The number of hydrogen-bond donors (Lipinski definition) is 3. The van der Waals surface area contributed by atoms with Crippen LogP contribution < -0.4 is 10.9 Å². The van der Waals surface area contributed by atoms with Crippen LogP contribution in [0.1, 0.15) is 21.5 Å². The molecule has 2 aliphatic rings.